The van der Waals surface area contributed by atoms with Gasteiger partial charge in [0.05, 0.1) is 44.8 Å². The van der Waals surface area contributed by atoms with Gasteiger partial charge in [0.15, 0.2) is 0 Å². The third-order valence-electron chi connectivity index (χ3n) is 4.34. The lowest BCUT2D eigenvalue weighted by molar-refractivity contribution is -0.128. The quantitative estimate of drug-likeness (QED) is 0.887. The van der Waals surface area contributed by atoms with Crippen LogP contribution in [-0.2, 0) is 20.8 Å². The van der Waals surface area contributed by atoms with Crippen LogP contribution in [0, 0.1) is 0 Å². The van der Waals surface area contributed by atoms with E-state index in [1.54, 1.807) is 12.3 Å². The van der Waals surface area contributed by atoms with Crippen molar-refractivity contribution < 1.29 is 19.3 Å². The van der Waals surface area contributed by atoms with E-state index < -0.39 is 0 Å². The molecule has 1 aromatic rings. The van der Waals surface area contributed by atoms with E-state index in [1.165, 1.54) is 0 Å². The Morgan fingerprint density at radius 3 is 2.82 bits per heavy atom. The van der Waals surface area contributed by atoms with Crippen LogP contribution in [0.15, 0.2) is 12.3 Å². The Balaban J connectivity index is 1.43. The molecule has 0 aromatic carbocycles. The molecule has 2 aliphatic rings. The highest BCUT2D eigenvalue weighted by Gasteiger charge is 2.26. The third kappa shape index (κ3) is 4.23. The Morgan fingerprint density at radius 1 is 1.23 bits per heavy atom. The summed E-state index contributed by atoms with van der Waals surface area (Å²) in [5.41, 5.74) is 0.692. The average molecular weight is 308 g/mol. The summed E-state index contributed by atoms with van der Waals surface area (Å²) in [6.07, 6.45) is 6.20. The molecule has 0 unspecified atom stereocenters. The van der Waals surface area contributed by atoms with Crippen molar-refractivity contribution in [3.8, 4) is 0 Å². The molecule has 1 N–H and O–H groups in total. The van der Waals surface area contributed by atoms with Crippen LogP contribution in [0.5, 0.6) is 0 Å². The van der Waals surface area contributed by atoms with Crippen molar-refractivity contribution >= 4 is 0 Å². The van der Waals surface area contributed by atoms with Crippen molar-refractivity contribution in [2.24, 2.45) is 0 Å². The fraction of sp³-hybridized carbons (Fsp3) is 0.750. The molecule has 1 atom stereocenters. The maximum Gasteiger partial charge on any atom is 0.131 e. The van der Waals surface area contributed by atoms with E-state index in [1.807, 2.05) is 0 Å². The van der Waals surface area contributed by atoms with Gasteiger partial charge < -0.3 is 19.3 Å². The van der Waals surface area contributed by atoms with Crippen molar-refractivity contribution in [3.63, 3.8) is 0 Å². The van der Waals surface area contributed by atoms with Gasteiger partial charge in [-0.2, -0.15) is 0 Å². The molecule has 0 radical (unpaired) electrons. The topological polar surface area (TPSA) is 73.7 Å². The summed E-state index contributed by atoms with van der Waals surface area (Å²) >= 11 is 0. The zero-order valence-electron chi connectivity index (χ0n) is 12.8. The Morgan fingerprint density at radius 2 is 2.09 bits per heavy atom. The van der Waals surface area contributed by atoms with Crippen LogP contribution in [0.3, 0.4) is 0 Å². The van der Waals surface area contributed by atoms with Crippen molar-refractivity contribution in [2.45, 2.75) is 50.4 Å². The minimum Gasteiger partial charge on any atom is -0.390 e. The second-order valence-corrected chi connectivity index (χ2v) is 5.94. The van der Waals surface area contributed by atoms with Crippen LogP contribution in [0.2, 0.25) is 0 Å². The van der Waals surface area contributed by atoms with Crippen molar-refractivity contribution in [1.29, 1.82) is 0 Å². The molecule has 1 aliphatic heterocycles. The van der Waals surface area contributed by atoms with Gasteiger partial charge in [0.2, 0.25) is 0 Å². The molecule has 0 bridgehead atoms. The van der Waals surface area contributed by atoms with Gasteiger partial charge in [-0.25, -0.2) is 9.97 Å². The smallest absolute Gasteiger partial charge is 0.131 e. The van der Waals surface area contributed by atoms with Gasteiger partial charge in [-0.1, -0.05) is 0 Å². The molecule has 22 heavy (non-hydrogen) atoms. The fourth-order valence-electron chi connectivity index (χ4n) is 3.06. The molecule has 1 saturated heterocycles. The SMILES string of the molecule is OCc1ccnc(C2CCC(OC[C@H]3COCCO3)CC2)n1. The lowest BCUT2D eigenvalue weighted by atomic mass is 9.86. The molecule has 6 heteroatoms. The van der Waals surface area contributed by atoms with E-state index >= 15 is 0 Å². The number of aromatic nitrogens is 2. The average Bonchev–Trinajstić information content (AvgIpc) is 2.61. The van der Waals surface area contributed by atoms with Crippen LogP contribution in [-0.4, -0.2) is 53.7 Å². The van der Waals surface area contributed by atoms with Crippen molar-refractivity contribution in [1.82, 2.24) is 9.97 Å². The lowest BCUT2D eigenvalue weighted by Gasteiger charge is -2.30. The number of aliphatic hydroxyl groups is 1. The van der Waals surface area contributed by atoms with Gasteiger partial charge in [0, 0.05) is 12.1 Å². The van der Waals surface area contributed by atoms with Gasteiger partial charge in [0.25, 0.3) is 0 Å². The first-order chi connectivity index (χ1) is 10.8. The molecule has 122 valence electrons. The predicted octanol–water partition coefficient (Wildman–Crippen LogP) is 1.43. The Labute approximate surface area is 130 Å². The first-order valence-corrected chi connectivity index (χ1v) is 8.09. The van der Waals surface area contributed by atoms with Crippen molar-refractivity contribution in [2.75, 3.05) is 26.4 Å². The van der Waals surface area contributed by atoms with E-state index in [2.05, 4.69) is 9.97 Å². The van der Waals surface area contributed by atoms with E-state index in [9.17, 15) is 0 Å². The van der Waals surface area contributed by atoms with Crippen LogP contribution in [0.25, 0.3) is 0 Å². The monoisotopic (exact) mass is 308 g/mol. The highest BCUT2D eigenvalue weighted by Crippen LogP contribution is 2.32. The first-order valence-electron chi connectivity index (χ1n) is 8.09. The van der Waals surface area contributed by atoms with Gasteiger partial charge in [-0.05, 0) is 31.7 Å². The molecular formula is C16H24N2O4. The molecule has 0 amide bonds. The third-order valence-corrected chi connectivity index (χ3v) is 4.34. The van der Waals surface area contributed by atoms with Crippen molar-refractivity contribution in [3.05, 3.63) is 23.8 Å². The number of nitrogens with zero attached hydrogens (tertiary/aromatic N) is 2. The molecule has 2 fully saturated rings. The molecule has 1 aliphatic carbocycles. The van der Waals surface area contributed by atoms with Crippen LogP contribution in [0.4, 0.5) is 0 Å². The highest BCUT2D eigenvalue weighted by molar-refractivity contribution is 5.05. The second-order valence-electron chi connectivity index (χ2n) is 5.94. The van der Waals surface area contributed by atoms with Gasteiger partial charge in [0.1, 0.15) is 11.9 Å². The molecule has 1 aromatic heterocycles. The molecule has 2 heterocycles. The fourth-order valence-corrected chi connectivity index (χ4v) is 3.06. The summed E-state index contributed by atoms with van der Waals surface area (Å²) in [5, 5.41) is 9.16. The summed E-state index contributed by atoms with van der Waals surface area (Å²) in [5.74, 6) is 1.23. The Kier molecular flexibility index (Phi) is 5.72. The summed E-state index contributed by atoms with van der Waals surface area (Å²) in [7, 11) is 0. The number of aliphatic hydroxyl groups excluding tert-OH is 1. The van der Waals surface area contributed by atoms with Crippen LogP contribution in [0.1, 0.15) is 43.1 Å². The van der Waals surface area contributed by atoms with E-state index in [0.717, 1.165) is 31.5 Å². The van der Waals surface area contributed by atoms with Crippen LogP contribution < -0.4 is 0 Å². The Hall–Kier alpha value is -1.08. The zero-order valence-corrected chi connectivity index (χ0v) is 12.8. The van der Waals surface area contributed by atoms with E-state index in [0.29, 0.717) is 44.1 Å². The maximum absolute atomic E-state index is 9.16. The number of hydrogen-bond acceptors (Lipinski definition) is 6. The minimum atomic E-state index is -0.0303. The summed E-state index contributed by atoms with van der Waals surface area (Å²) in [4.78, 5) is 8.78. The molecule has 6 nitrogen and oxygen atoms in total. The second kappa shape index (κ2) is 7.97. The molecular weight excluding hydrogens is 284 g/mol. The molecule has 0 spiro atoms. The van der Waals surface area contributed by atoms with Gasteiger partial charge in [-0.3, -0.25) is 0 Å². The first kappa shape index (κ1) is 15.8. The van der Waals surface area contributed by atoms with Gasteiger partial charge in [-0.15, -0.1) is 0 Å². The minimum absolute atomic E-state index is 0.0303. The molecule has 3 rings (SSSR count). The summed E-state index contributed by atoms with van der Waals surface area (Å²) in [6, 6.07) is 1.75. The highest BCUT2D eigenvalue weighted by atomic mass is 16.6. The number of ether oxygens (including phenoxy) is 3. The maximum atomic E-state index is 9.16. The Bertz CT molecular complexity index is 457. The van der Waals surface area contributed by atoms with Crippen LogP contribution >= 0.6 is 0 Å². The predicted molar refractivity (Wildman–Crippen MR) is 79.5 cm³/mol. The largest absolute Gasteiger partial charge is 0.390 e. The van der Waals surface area contributed by atoms with E-state index in [4.69, 9.17) is 19.3 Å². The summed E-state index contributed by atoms with van der Waals surface area (Å²) in [6.45, 7) is 2.58. The molecule has 1 saturated carbocycles. The lowest BCUT2D eigenvalue weighted by Crippen LogP contribution is -2.34. The van der Waals surface area contributed by atoms with E-state index in [-0.39, 0.29) is 12.7 Å². The number of hydrogen-bond donors (Lipinski definition) is 1. The summed E-state index contributed by atoms with van der Waals surface area (Å²) < 4.78 is 16.9. The standard InChI is InChI=1S/C16H24N2O4/c19-9-13-5-6-17-16(18-13)12-1-3-14(4-2-12)22-11-15-10-20-7-8-21-15/h5-6,12,14-15,19H,1-4,7-11H2/t12?,14?,15-/m1/s1. The zero-order chi connectivity index (χ0) is 15.2. The number of rotatable bonds is 5. The van der Waals surface area contributed by atoms with Gasteiger partial charge >= 0.3 is 0 Å². The normalized spacial score (nSPS) is 29.4.